The molecule has 0 aliphatic heterocycles. The van der Waals surface area contributed by atoms with Crippen LogP contribution in [0.25, 0.3) is 11.3 Å². The van der Waals surface area contributed by atoms with Gasteiger partial charge in [0.05, 0.1) is 25.8 Å². The van der Waals surface area contributed by atoms with Gasteiger partial charge in [-0.1, -0.05) is 0 Å². The van der Waals surface area contributed by atoms with E-state index in [4.69, 9.17) is 28.8 Å². The van der Waals surface area contributed by atoms with Gasteiger partial charge in [-0.25, -0.2) is 9.97 Å². The Morgan fingerprint density at radius 3 is 2.30 bits per heavy atom. The van der Waals surface area contributed by atoms with Crippen molar-refractivity contribution in [1.82, 2.24) is 15.0 Å². The first kappa shape index (κ1) is 29.3. The van der Waals surface area contributed by atoms with Gasteiger partial charge in [-0.05, 0) is 101 Å². The summed E-state index contributed by atoms with van der Waals surface area (Å²) in [6.07, 6.45) is 12.4. The number of aromatic nitrogens is 3. The number of nitrogens with zero attached hydrogens (tertiary/aromatic N) is 4. The Morgan fingerprint density at radius 1 is 0.907 bits per heavy atom. The summed E-state index contributed by atoms with van der Waals surface area (Å²) in [7, 11) is 3.11. The van der Waals surface area contributed by atoms with E-state index in [0.717, 1.165) is 72.8 Å². The number of esters is 1. The van der Waals surface area contributed by atoms with Crippen molar-refractivity contribution in [2.45, 2.75) is 83.0 Å². The first-order valence-corrected chi connectivity index (χ1v) is 15.8. The van der Waals surface area contributed by atoms with Crippen molar-refractivity contribution in [3.63, 3.8) is 0 Å². The minimum absolute atomic E-state index is 0.0868. The molecule has 0 radical (unpaired) electrons. The van der Waals surface area contributed by atoms with E-state index in [0.29, 0.717) is 55.8 Å². The van der Waals surface area contributed by atoms with Crippen LogP contribution in [0.15, 0.2) is 41.1 Å². The van der Waals surface area contributed by atoms with Gasteiger partial charge in [0.25, 0.3) is 0 Å². The molecule has 3 aromatic heterocycles. The first-order chi connectivity index (χ1) is 20.9. The van der Waals surface area contributed by atoms with E-state index < -0.39 is 0 Å². The zero-order chi connectivity index (χ0) is 29.9. The molecule has 43 heavy (non-hydrogen) atoms. The molecule has 0 bridgehead atoms. The predicted octanol–water partition coefficient (Wildman–Crippen LogP) is 6.61. The van der Waals surface area contributed by atoms with Crippen LogP contribution in [0.5, 0.6) is 5.75 Å². The highest BCUT2D eigenvalue weighted by atomic mass is 16.5. The molecule has 3 aliphatic rings. The maximum Gasteiger partial charge on any atom is 0.308 e. The molecule has 6 rings (SSSR count). The topological polar surface area (TPSA) is 108 Å². The van der Waals surface area contributed by atoms with Gasteiger partial charge >= 0.3 is 5.97 Å². The summed E-state index contributed by atoms with van der Waals surface area (Å²) in [5.74, 6) is 3.00. The number of anilines is 1. The maximum atomic E-state index is 14.3. The molecule has 228 valence electrons. The molecule has 0 atom stereocenters. The number of rotatable bonds is 9. The van der Waals surface area contributed by atoms with Crippen molar-refractivity contribution in [2.75, 3.05) is 25.7 Å². The second-order valence-corrected chi connectivity index (χ2v) is 12.5. The van der Waals surface area contributed by atoms with Crippen molar-refractivity contribution in [2.24, 2.45) is 17.8 Å². The average molecular weight is 587 g/mol. The molecule has 3 aromatic rings. The zero-order valence-corrected chi connectivity index (χ0v) is 25.5. The van der Waals surface area contributed by atoms with E-state index in [9.17, 15) is 9.59 Å². The van der Waals surface area contributed by atoms with Crippen LogP contribution in [0.1, 0.15) is 93.3 Å². The Bertz CT molecular complexity index is 1430. The van der Waals surface area contributed by atoms with Crippen molar-refractivity contribution < 1.29 is 23.5 Å². The molecule has 0 unspecified atom stereocenters. The number of hydrogen-bond donors (Lipinski definition) is 0. The van der Waals surface area contributed by atoms with Gasteiger partial charge in [0.15, 0.2) is 5.89 Å². The minimum atomic E-state index is -0.175. The number of carbonyl (C=O) groups excluding carboxylic acids is 2. The highest BCUT2D eigenvalue weighted by molar-refractivity contribution is 5.97. The highest BCUT2D eigenvalue weighted by Gasteiger charge is 2.36. The Labute approximate surface area is 253 Å². The van der Waals surface area contributed by atoms with E-state index in [2.05, 4.69) is 6.07 Å². The van der Waals surface area contributed by atoms with Gasteiger partial charge in [-0.2, -0.15) is 0 Å². The summed E-state index contributed by atoms with van der Waals surface area (Å²) in [5.41, 5.74) is 3.58. The lowest BCUT2D eigenvalue weighted by Gasteiger charge is -2.35. The van der Waals surface area contributed by atoms with Crippen molar-refractivity contribution in [3.8, 4) is 17.0 Å². The zero-order valence-electron chi connectivity index (χ0n) is 25.5. The number of aryl methyl sites for hydroxylation is 1. The molecule has 3 fully saturated rings. The largest absolute Gasteiger partial charge is 0.495 e. The molecule has 3 heterocycles. The molecular formula is C34H42N4O5. The van der Waals surface area contributed by atoms with Gasteiger partial charge in [0, 0.05) is 41.8 Å². The molecule has 3 saturated carbocycles. The lowest BCUT2D eigenvalue weighted by atomic mass is 9.79. The van der Waals surface area contributed by atoms with E-state index >= 15 is 0 Å². The Kier molecular flexibility index (Phi) is 8.77. The summed E-state index contributed by atoms with van der Waals surface area (Å²) in [6.45, 7) is 2.60. The fourth-order valence-corrected chi connectivity index (χ4v) is 6.89. The van der Waals surface area contributed by atoms with Gasteiger partial charge < -0.3 is 13.9 Å². The minimum Gasteiger partial charge on any atom is -0.495 e. The lowest BCUT2D eigenvalue weighted by Crippen LogP contribution is -2.42. The third-order valence-corrected chi connectivity index (χ3v) is 9.63. The fourth-order valence-electron chi connectivity index (χ4n) is 6.89. The van der Waals surface area contributed by atoms with Gasteiger partial charge in [0.1, 0.15) is 23.5 Å². The standard InChI is InChI=1S/C34H42N4O5/c1-21-30(41-2)17-16-28(36-21)23-8-6-22(7-9-23)19-38(33(39)25-12-14-26(15-13-25)34(40)42-3)31-27(5-4-18-35-31)29-20-43-32(37-29)24-10-11-24/h4-5,16-18,20,22-26H,6-15,19H2,1-3H3. The van der Waals surface area contributed by atoms with E-state index in [-0.39, 0.29) is 23.7 Å². The normalized spacial score (nSPS) is 23.9. The van der Waals surface area contributed by atoms with Crippen LogP contribution in [0.3, 0.4) is 0 Å². The number of amides is 1. The third kappa shape index (κ3) is 6.45. The number of methoxy groups -OCH3 is 2. The summed E-state index contributed by atoms with van der Waals surface area (Å²) < 4.78 is 16.2. The monoisotopic (exact) mass is 586 g/mol. The van der Waals surface area contributed by atoms with Crippen LogP contribution >= 0.6 is 0 Å². The van der Waals surface area contributed by atoms with Crippen molar-refractivity contribution in [3.05, 3.63) is 54.0 Å². The molecule has 0 aromatic carbocycles. The molecule has 0 N–H and O–H groups in total. The third-order valence-electron chi connectivity index (χ3n) is 9.63. The molecule has 3 aliphatic carbocycles. The molecule has 9 nitrogen and oxygen atoms in total. The number of oxazole rings is 1. The number of hydrogen-bond acceptors (Lipinski definition) is 8. The Hall–Kier alpha value is -3.75. The number of carbonyl (C=O) groups is 2. The van der Waals surface area contributed by atoms with E-state index in [1.807, 2.05) is 30.0 Å². The second kappa shape index (κ2) is 12.9. The summed E-state index contributed by atoms with van der Waals surface area (Å²) in [6, 6.07) is 7.98. The number of ether oxygens (including phenoxy) is 2. The predicted molar refractivity (Wildman–Crippen MR) is 162 cm³/mol. The van der Waals surface area contributed by atoms with Gasteiger partial charge in [-0.3, -0.25) is 19.5 Å². The maximum absolute atomic E-state index is 14.3. The quantitative estimate of drug-likeness (QED) is 0.258. The fraction of sp³-hybridized carbons (Fsp3) is 0.559. The Balaban J connectivity index is 1.22. The van der Waals surface area contributed by atoms with Crippen LogP contribution in [-0.4, -0.2) is 47.6 Å². The lowest BCUT2D eigenvalue weighted by molar-refractivity contribution is -0.147. The summed E-state index contributed by atoms with van der Waals surface area (Å²) in [5, 5.41) is 0. The Morgan fingerprint density at radius 2 is 1.63 bits per heavy atom. The SMILES string of the molecule is COC(=O)C1CCC(C(=O)N(CC2CCC(c3ccc(OC)c(C)n3)CC2)c2ncccc2-c2coc(C3CC3)n2)CC1. The first-order valence-electron chi connectivity index (χ1n) is 15.8. The molecule has 0 saturated heterocycles. The van der Waals surface area contributed by atoms with Crippen LogP contribution < -0.4 is 9.64 Å². The van der Waals surface area contributed by atoms with E-state index in [1.165, 1.54) is 7.11 Å². The van der Waals surface area contributed by atoms with Crippen molar-refractivity contribution >= 4 is 17.7 Å². The van der Waals surface area contributed by atoms with Gasteiger partial charge in [-0.15, -0.1) is 0 Å². The molecule has 0 spiro atoms. The average Bonchev–Trinajstić information content (AvgIpc) is 3.79. The summed E-state index contributed by atoms with van der Waals surface area (Å²) in [4.78, 5) is 42.8. The summed E-state index contributed by atoms with van der Waals surface area (Å²) >= 11 is 0. The molecule has 9 heteroatoms. The second-order valence-electron chi connectivity index (χ2n) is 12.5. The number of pyridine rings is 2. The molecular weight excluding hydrogens is 544 g/mol. The van der Waals surface area contributed by atoms with Crippen LogP contribution in [0.4, 0.5) is 5.82 Å². The highest BCUT2D eigenvalue weighted by Crippen LogP contribution is 2.42. The van der Waals surface area contributed by atoms with Crippen LogP contribution in [-0.2, 0) is 14.3 Å². The smallest absolute Gasteiger partial charge is 0.308 e. The van der Waals surface area contributed by atoms with E-state index in [1.54, 1.807) is 19.6 Å². The van der Waals surface area contributed by atoms with Gasteiger partial charge in [0.2, 0.25) is 5.91 Å². The van der Waals surface area contributed by atoms with Crippen molar-refractivity contribution in [1.29, 1.82) is 0 Å². The van der Waals surface area contributed by atoms with Crippen LogP contribution in [0.2, 0.25) is 0 Å². The van der Waals surface area contributed by atoms with Crippen LogP contribution in [0, 0.1) is 24.7 Å². The molecule has 1 amide bonds.